The molecule has 0 atom stereocenters. The van der Waals surface area contributed by atoms with Crippen molar-refractivity contribution in [3.05, 3.63) is 36.0 Å². The van der Waals surface area contributed by atoms with Gasteiger partial charge in [0.1, 0.15) is 0 Å². The van der Waals surface area contributed by atoms with E-state index in [0.717, 1.165) is 31.2 Å². The number of carboxylic acids is 1. The quantitative estimate of drug-likeness (QED) is 0.916. The van der Waals surface area contributed by atoms with Crippen LogP contribution in [0.5, 0.6) is 0 Å². The summed E-state index contributed by atoms with van der Waals surface area (Å²) >= 11 is 0. The Morgan fingerprint density at radius 2 is 2.05 bits per heavy atom. The summed E-state index contributed by atoms with van der Waals surface area (Å²) in [6.45, 7) is 0. The van der Waals surface area contributed by atoms with Crippen LogP contribution in [-0.4, -0.2) is 15.6 Å². The molecule has 0 saturated heterocycles. The van der Waals surface area contributed by atoms with Crippen LogP contribution in [0.3, 0.4) is 0 Å². The zero-order valence-corrected chi connectivity index (χ0v) is 11.2. The van der Waals surface area contributed by atoms with Gasteiger partial charge in [-0.15, -0.1) is 0 Å². The molecule has 0 bridgehead atoms. The molecule has 1 aromatic heterocycles. The molecule has 0 radical (unpaired) electrons. The van der Waals surface area contributed by atoms with Crippen LogP contribution in [0.25, 0.3) is 10.9 Å². The molecule has 3 heteroatoms. The molecule has 3 rings (SSSR count). The number of nitrogens with zero attached hydrogens (tertiary/aromatic N) is 1. The minimum absolute atomic E-state index is 0.525. The van der Waals surface area contributed by atoms with Gasteiger partial charge in [0.2, 0.25) is 0 Å². The number of aromatic nitrogens is 1. The summed E-state index contributed by atoms with van der Waals surface area (Å²) in [5.41, 5.74) is 1.81. The van der Waals surface area contributed by atoms with E-state index in [1.165, 1.54) is 10.9 Å². The van der Waals surface area contributed by atoms with Crippen LogP contribution < -0.4 is 0 Å². The average molecular weight is 257 g/mol. The number of aliphatic carboxylic acids is 1. The second kappa shape index (κ2) is 4.41. The number of fused-ring (bicyclic) bond motifs is 1. The molecular weight excluding hydrogens is 238 g/mol. The van der Waals surface area contributed by atoms with Crippen molar-refractivity contribution in [2.45, 2.75) is 32.1 Å². The summed E-state index contributed by atoms with van der Waals surface area (Å²) in [6, 6.07) is 8.39. The summed E-state index contributed by atoms with van der Waals surface area (Å²) < 4.78 is 2.08. The van der Waals surface area contributed by atoms with Gasteiger partial charge in [0.05, 0.1) is 5.41 Å². The second-order valence-corrected chi connectivity index (χ2v) is 5.79. The van der Waals surface area contributed by atoms with E-state index in [1.807, 2.05) is 13.2 Å². The Labute approximate surface area is 112 Å². The van der Waals surface area contributed by atoms with E-state index < -0.39 is 11.4 Å². The molecule has 1 saturated carbocycles. The molecule has 3 nitrogen and oxygen atoms in total. The van der Waals surface area contributed by atoms with Crippen molar-refractivity contribution in [1.82, 2.24) is 4.57 Å². The van der Waals surface area contributed by atoms with Crippen LogP contribution in [0.15, 0.2) is 30.5 Å². The fourth-order valence-corrected chi connectivity index (χ4v) is 3.35. The first-order valence-electron chi connectivity index (χ1n) is 6.88. The Morgan fingerprint density at radius 3 is 2.74 bits per heavy atom. The number of carbonyl (C=O) groups is 1. The molecule has 1 fully saturated rings. The lowest BCUT2D eigenvalue weighted by molar-refractivity contribution is -0.148. The molecule has 0 unspecified atom stereocenters. The summed E-state index contributed by atoms with van der Waals surface area (Å²) in [4.78, 5) is 11.6. The molecule has 0 aliphatic heterocycles. The van der Waals surface area contributed by atoms with Crippen LogP contribution in [0.1, 0.15) is 31.2 Å². The van der Waals surface area contributed by atoms with Gasteiger partial charge in [-0.25, -0.2) is 0 Å². The number of hydrogen-bond acceptors (Lipinski definition) is 1. The standard InChI is InChI=1S/C16H19NO2/c1-17-9-6-13-10-12(4-5-14(13)17)11-16(15(18)19)7-2-3-8-16/h4-6,9-10H,2-3,7-8,11H2,1H3,(H,18,19). The zero-order chi connectivity index (χ0) is 13.5. The van der Waals surface area contributed by atoms with E-state index in [-0.39, 0.29) is 0 Å². The third-order valence-corrected chi connectivity index (χ3v) is 4.51. The third-order valence-electron chi connectivity index (χ3n) is 4.51. The second-order valence-electron chi connectivity index (χ2n) is 5.79. The van der Waals surface area contributed by atoms with Crippen molar-refractivity contribution < 1.29 is 9.90 Å². The van der Waals surface area contributed by atoms with Gasteiger partial charge < -0.3 is 9.67 Å². The maximum Gasteiger partial charge on any atom is 0.309 e. The van der Waals surface area contributed by atoms with Gasteiger partial charge >= 0.3 is 5.97 Å². The van der Waals surface area contributed by atoms with Crippen molar-refractivity contribution in [3.8, 4) is 0 Å². The molecule has 0 spiro atoms. The zero-order valence-electron chi connectivity index (χ0n) is 11.2. The highest BCUT2D eigenvalue weighted by Crippen LogP contribution is 2.41. The van der Waals surface area contributed by atoms with Crippen molar-refractivity contribution in [3.63, 3.8) is 0 Å². The van der Waals surface area contributed by atoms with E-state index in [1.54, 1.807) is 0 Å². The highest BCUT2D eigenvalue weighted by atomic mass is 16.4. The van der Waals surface area contributed by atoms with Gasteiger partial charge in [0.25, 0.3) is 0 Å². The maximum absolute atomic E-state index is 11.6. The third kappa shape index (κ3) is 2.03. The van der Waals surface area contributed by atoms with Crippen molar-refractivity contribution >= 4 is 16.9 Å². The number of carboxylic acid groups (broad SMARTS) is 1. The van der Waals surface area contributed by atoms with E-state index in [0.29, 0.717) is 6.42 Å². The molecule has 19 heavy (non-hydrogen) atoms. The Morgan fingerprint density at radius 1 is 1.32 bits per heavy atom. The summed E-state index contributed by atoms with van der Waals surface area (Å²) in [7, 11) is 2.03. The lowest BCUT2D eigenvalue weighted by Gasteiger charge is -2.23. The Hall–Kier alpha value is -1.77. The van der Waals surface area contributed by atoms with Gasteiger partial charge in [-0.3, -0.25) is 4.79 Å². The Balaban J connectivity index is 1.94. The summed E-state index contributed by atoms with van der Waals surface area (Å²) in [5.74, 6) is -0.627. The van der Waals surface area contributed by atoms with Crippen LogP contribution in [0, 0.1) is 5.41 Å². The van der Waals surface area contributed by atoms with Crippen LogP contribution in [0.2, 0.25) is 0 Å². The molecule has 1 aliphatic carbocycles. The van der Waals surface area contributed by atoms with Gasteiger partial charge in [-0.2, -0.15) is 0 Å². The summed E-state index contributed by atoms with van der Waals surface area (Å²) in [5, 5.41) is 10.7. The molecule has 1 aromatic carbocycles. The van der Waals surface area contributed by atoms with E-state index in [9.17, 15) is 9.90 Å². The number of rotatable bonds is 3. The Kier molecular flexibility index (Phi) is 2.85. The predicted octanol–water partition coefficient (Wildman–Crippen LogP) is 3.37. The number of hydrogen-bond donors (Lipinski definition) is 1. The molecular formula is C16H19NO2. The van der Waals surface area contributed by atoms with Crippen molar-refractivity contribution in [1.29, 1.82) is 0 Å². The number of benzene rings is 1. The smallest absolute Gasteiger partial charge is 0.309 e. The predicted molar refractivity (Wildman–Crippen MR) is 75.2 cm³/mol. The molecule has 1 heterocycles. The van der Waals surface area contributed by atoms with E-state index >= 15 is 0 Å². The summed E-state index contributed by atoms with van der Waals surface area (Å²) in [6.07, 6.45) is 6.41. The first-order valence-corrected chi connectivity index (χ1v) is 6.88. The van der Waals surface area contributed by atoms with E-state index in [4.69, 9.17) is 0 Å². The first kappa shape index (κ1) is 12.3. The van der Waals surface area contributed by atoms with Crippen LogP contribution >= 0.6 is 0 Å². The fraction of sp³-hybridized carbons (Fsp3) is 0.438. The maximum atomic E-state index is 11.6. The van der Waals surface area contributed by atoms with Gasteiger partial charge in [-0.1, -0.05) is 18.9 Å². The van der Waals surface area contributed by atoms with Gasteiger partial charge in [0, 0.05) is 18.8 Å². The largest absolute Gasteiger partial charge is 0.481 e. The van der Waals surface area contributed by atoms with Gasteiger partial charge in [-0.05, 0) is 48.4 Å². The highest BCUT2D eigenvalue weighted by molar-refractivity contribution is 5.81. The topological polar surface area (TPSA) is 42.2 Å². The van der Waals surface area contributed by atoms with Gasteiger partial charge in [0.15, 0.2) is 0 Å². The molecule has 1 aliphatic rings. The SMILES string of the molecule is Cn1ccc2cc(CC3(C(=O)O)CCCC3)ccc21. The van der Waals surface area contributed by atoms with Crippen molar-refractivity contribution in [2.24, 2.45) is 12.5 Å². The minimum Gasteiger partial charge on any atom is -0.481 e. The first-order chi connectivity index (χ1) is 9.11. The highest BCUT2D eigenvalue weighted by Gasteiger charge is 2.41. The fourth-order valence-electron chi connectivity index (χ4n) is 3.35. The molecule has 2 aromatic rings. The van der Waals surface area contributed by atoms with Crippen LogP contribution in [0.4, 0.5) is 0 Å². The molecule has 100 valence electrons. The van der Waals surface area contributed by atoms with Crippen LogP contribution in [-0.2, 0) is 18.3 Å². The minimum atomic E-state index is -0.627. The average Bonchev–Trinajstić information content (AvgIpc) is 2.98. The Bertz CT molecular complexity index is 621. The van der Waals surface area contributed by atoms with Crippen molar-refractivity contribution in [2.75, 3.05) is 0 Å². The number of aryl methyl sites for hydroxylation is 1. The molecule has 0 amide bonds. The normalized spacial score (nSPS) is 17.9. The lowest BCUT2D eigenvalue weighted by atomic mass is 9.80. The van der Waals surface area contributed by atoms with E-state index in [2.05, 4.69) is 28.8 Å². The monoisotopic (exact) mass is 257 g/mol. The lowest BCUT2D eigenvalue weighted by Crippen LogP contribution is -2.30. The molecule has 1 N–H and O–H groups in total.